The van der Waals surface area contributed by atoms with Crippen molar-refractivity contribution < 1.29 is 4.74 Å². The molecule has 1 aliphatic heterocycles. The van der Waals surface area contributed by atoms with E-state index in [0.717, 1.165) is 47.3 Å². The number of fused-ring (bicyclic) bond motifs is 1. The Bertz CT molecular complexity index is 582. The van der Waals surface area contributed by atoms with E-state index in [1.54, 1.807) is 0 Å². The number of nitrogen functional groups attached to an aromatic ring is 1. The van der Waals surface area contributed by atoms with E-state index < -0.39 is 0 Å². The van der Waals surface area contributed by atoms with Gasteiger partial charge in [-0.1, -0.05) is 6.07 Å². The fourth-order valence-electron chi connectivity index (χ4n) is 2.68. The summed E-state index contributed by atoms with van der Waals surface area (Å²) in [5.41, 5.74) is 10.2. The smallest absolute Gasteiger partial charge is 0.150 e. The zero-order chi connectivity index (χ0) is 12.7. The number of nitrogens with zero attached hydrogens (tertiary/aromatic N) is 2. The molecule has 1 aromatic heterocycles. The van der Waals surface area contributed by atoms with Crippen LogP contribution in [0.3, 0.4) is 0 Å². The van der Waals surface area contributed by atoms with Crippen LogP contribution in [0.4, 0.5) is 5.69 Å². The predicted molar refractivity (Wildman–Crippen MR) is 72.5 cm³/mol. The van der Waals surface area contributed by atoms with Gasteiger partial charge in [0.15, 0.2) is 6.23 Å². The average molecular weight is 245 g/mol. The van der Waals surface area contributed by atoms with Crippen molar-refractivity contribution >= 4 is 16.6 Å². The molecule has 1 aliphatic rings. The van der Waals surface area contributed by atoms with Gasteiger partial charge in [0, 0.05) is 17.7 Å². The van der Waals surface area contributed by atoms with E-state index in [4.69, 9.17) is 10.5 Å². The van der Waals surface area contributed by atoms with Crippen molar-refractivity contribution in [2.45, 2.75) is 39.3 Å². The summed E-state index contributed by atoms with van der Waals surface area (Å²) >= 11 is 0. The van der Waals surface area contributed by atoms with Crippen molar-refractivity contribution in [1.82, 2.24) is 9.78 Å². The quantitative estimate of drug-likeness (QED) is 0.786. The standard InChI is InChI=1S/C14H19N3O/c1-9-6-7-11-13(14(9)15)10(2)16-17(11)12-5-3-4-8-18-12/h6-7,12H,3-5,8,15H2,1-2H3. The van der Waals surface area contributed by atoms with E-state index in [1.165, 1.54) is 6.42 Å². The number of aryl methyl sites for hydroxylation is 2. The summed E-state index contributed by atoms with van der Waals surface area (Å²) in [6.07, 6.45) is 3.45. The van der Waals surface area contributed by atoms with E-state index in [-0.39, 0.29) is 6.23 Å². The molecule has 0 spiro atoms. The normalized spacial score (nSPS) is 20.4. The zero-order valence-electron chi connectivity index (χ0n) is 10.9. The molecule has 1 aromatic carbocycles. The third-order valence-corrected chi connectivity index (χ3v) is 3.74. The Kier molecular flexibility index (Phi) is 2.74. The van der Waals surface area contributed by atoms with Crippen molar-refractivity contribution in [3.63, 3.8) is 0 Å². The largest absolute Gasteiger partial charge is 0.398 e. The number of aromatic nitrogens is 2. The lowest BCUT2D eigenvalue weighted by molar-refractivity contribution is -0.0368. The van der Waals surface area contributed by atoms with E-state index in [9.17, 15) is 0 Å². The highest BCUT2D eigenvalue weighted by atomic mass is 16.5. The van der Waals surface area contributed by atoms with E-state index in [2.05, 4.69) is 17.2 Å². The Labute approximate surface area is 107 Å². The van der Waals surface area contributed by atoms with Gasteiger partial charge >= 0.3 is 0 Å². The Morgan fingerprint density at radius 3 is 2.89 bits per heavy atom. The minimum absolute atomic E-state index is 0.0667. The van der Waals surface area contributed by atoms with Gasteiger partial charge in [-0.15, -0.1) is 0 Å². The van der Waals surface area contributed by atoms with Gasteiger partial charge in [0.2, 0.25) is 0 Å². The zero-order valence-corrected chi connectivity index (χ0v) is 10.9. The summed E-state index contributed by atoms with van der Waals surface area (Å²) in [6, 6.07) is 4.15. The van der Waals surface area contributed by atoms with E-state index in [0.29, 0.717) is 0 Å². The minimum Gasteiger partial charge on any atom is -0.398 e. The molecule has 1 unspecified atom stereocenters. The molecule has 4 nitrogen and oxygen atoms in total. The molecule has 0 bridgehead atoms. The van der Waals surface area contributed by atoms with Crippen LogP contribution in [-0.4, -0.2) is 16.4 Å². The summed E-state index contributed by atoms with van der Waals surface area (Å²) < 4.78 is 7.81. The highest BCUT2D eigenvalue weighted by Crippen LogP contribution is 2.32. The molecular formula is C14H19N3O. The van der Waals surface area contributed by atoms with Gasteiger partial charge in [0.05, 0.1) is 11.2 Å². The summed E-state index contributed by atoms with van der Waals surface area (Å²) in [5.74, 6) is 0. The van der Waals surface area contributed by atoms with Crippen LogP contribution in [0.25, 0.3) is 10.9 Å². The highest BCUT2D eigenvalue weighted by molar-refractivity contribution is 5.94. The first-order valence-corrected chi connectivity index (χ1v) is 6.54. The van der Waals surface area contributed by atoms with Crippen LogP contribution in [0.5, 0.6) is 0 Å². The first-order chi connectivity index (χ1) is 8.68. The fraction of sp³-hybridized carbons (Fsp3) is 0.500. The number of hydrogen-bond acceptors (Lipinski definition) is 3. The van der Waals surface area contributed by atoms with Crippen LogP contribution >= 0.6 is 0 Å². The molecule has 2 N–H and O–H groups in total. The summed E-state index contributed by atoms with van der Waals surface area (Å²) in [7, 11) is 0. The number of rotatable bonds is 1. The Morgan fingerprint density at radius 2 is 2.17 bits per heavy atom. The first kappa shape index (κ1) is 11.5. The number of nitrogens with two attached hydrogens (primary N) is 1. The molecule has 2 aromatic rings. The molecule has 1 saturated heterocycles. The van der Waals surface area contributed by atoms with Crippen LogP contribution in [0.1, 0.15) is 36.7 Å². The molecular weight excluding hydrogens is 226 g/mol. The van der Waals surface area contributed by atoms with Crippen LogP contribution in [0, 0.1) is 13.8 Å². The minimum atomic E-state index is 0.0667. The molecule has 1 atom stereocenters. The number of hydrogen-bond donors (Lipinski definition) is 1. The Hall–Kier alpha value is -1.55. The van der Waals surface area contributed by atoms with Crippen LogP contribution < -0.4 is 5.73 Å². The molecule has 0 aliphatic carbocycles. The second-order valence-electron chi connectivity index (χ2n) is 5.04. The van der Waals surface area contributed by atoms with Crippen molar-refractivity contribution in [3.8, 4) is 0 Å². The number of anilines is 1. The summed E-state index contributed by atoms with van der Waals surface area (Å²) in [5, 5.41) is 5.70. The predicted octanol–water partition coefficient (Wildman–Crippen LogP) is 2.93. The van der Waals surface area contributed by atoms with Gasteiger partial charge in [-0.2, -0.15) is 5.10 Å². The maximum atomic E-state index is 6.17. The maximum absolute atomic E-state index is 6.17. The molecule has 3 rings (SSSR count). The molecule has 1 fully saturated rings. The monoisotopic (exact) mass is 245 g/mol. The maximum Gasteiger partial charge on any atom is 0.150 e. The molecule has 2 heterocycles. The third-order valence-electron chi connectivity index (χ3n) is 3.74. The summed E-state index contributed by atoms with van der Waals surface area (Å²) in [4.78, 5) is 0. The first-order valence-electron chi connectivity index (χ1n) is 6.54. The Balaban J connectivity index is 2.16. The van der Waals surface area contributed by atoms with Crippen molar-refractivity contribution in [3.05, 3.63) is 23.4 Å². The van der Waals surface area contributed by atoms with Crippen molar-refractivity contribution in [2.24, 2.45) is 0 Å². The van der Waals surface area contributed by atoms with Gasteiger partial charge in [-0.05, 0) is 44.7 Å². The number of benzene rings is 1. The van der Waals surface area contributed by atoms with Crippen LogP contribution in [0.15, 0.2) is 12.1 Å². The second-order valence-corrected chi connectivity index (χ2v) is 5.04. The van der Waals surface area contributed by atoms with Gasteiger partial charge in [0.1, 0.15) is 0 Å². The van der Waals surface area contributed by atoms with Gasteiger partial charge in [0.25, 0.3) is 0 Å². The molecule has 18 heavy (non-hydrogen) atoms. The molecule has 96 valence electrons. The van der Waals surface area contributed by atoms with E-state index in [1.807, 2.05) is 18.5 Å². The van der Waals surface area contributed by atoms with Crippen LogP contribution in [0.2, 0.25) is 0 Å². The lowest BCUT2D eigenvalue weighted by Crippen LogP contribution is -2.19. The van der Waals surface area contributed by atoms with Gasteiger partial charge in [-0.25, -0.2) is 4.68 Å². The van der Waals surface area contributed by atoms with Crippen molar-refractivity contribution in [1.29, 1.82) is 0 Å². The summed E-state index contributed by atoms with van der Waals surface area (Å²) in [6.45, 7) is 4.87. The van der Waals surface area contributed by atoms with Gasteiger partial charge in [-0.3, -0.25) is 0 Å². The SMILES string of the molecule is Cc1ccc2c(c(C)nn2C2CCCCO2)c1N. The van der Waals surface area contributed by atoms with Crippen LogP contribution in [-0.2, 0) is 4.74 Å². The Morgan fingerprint density at radius 1 is 1.33 bits per heavy atom. The molecule has 0 radical (unpaired) electrons. The number of ether oxygens (including phenoxy) is 1. The lowest BCUT2D eigenvalue weighted by atomic mass is 10.1. The second kappa shape index (κ2) is 4.28. The van der Waals surface area contributed by atoms with E-state index >= 15 is 0 Å². The molecule has 0 saturated carbocycles. The van der Waals surface area contributed by atoms with Crippen molar-refractivity contribution in [2.75, 3.05) is 12.3 Å². The van der Waals surface area contributed by atoms with Gasteiger partial charge < -0.3 is 10.5 Å². The third kappa shape index (κ3) is 1.68. The molecule has 0 amide bonds. The topological polar surface area (TPSA) is 53.1 Å². The molecule has 4 heteroatoms. The fourth-order valence-corrected chi connectivity index (χ4v) is 2.68. The highest BCUT2D eigenvalue weighted by Gasteiger charge is 2.21. The average Bonchev–Trinajstić information content (AvgIpc) is 2.73. The lowest BCUT2D eigenvalue weighted by Gasteiger charge is -2.23.